The molecule has 1 aliphatic carbocycles. The molecule has 1 saturated carbocycles. The van der Waals surface area contributed by atoms with E-state index < -0.39 is 23.3 Å². The van der Waals surface area contributed by atoms with Crippen LogP contribution in [0.25, 0.3) is 0 Å². The van der Waals surface area contributed by atoms with Crippen molar-refractivity contribution in [2.45, 2.75) is 33.1 Å². The van der Waals surface area contributed by atoms with Crippen molar-refractivity contribution >= 4 is 17.9 Å². The van der Waals surface area contributed by atoms with Crippen LogP contribution in [0.4, 0.5) is 4.79 Å². The van der Waals surface area contributed by atoms with Crippen molar-refractivity contribution in [1.82, 2.24) is 10.2 Å². The predicted molar refractivity (Wildman–Crippen MR) is 72.9 cm³/mol. The van der Waals surface area contributed by atoms with E-state index in [4.69, 9.17) is 5.73 Å². The Morgan fingerprint density at radius 2 is 1.95 bits per heavy atom. The molecule has 114 valence electrons. The van der Waals surface area contributed by atoms with Crippen molar-refractivity contribution in [3.8, 4) is 0 Å². The van der Waals surface area contributed by atoms with Crippen molar-refractivity contribution in [2.75, 3.05) is 19.6 Å². The zero-order valence-electron chi connectivity index (χ0n) is 12.0. The van der Waals surface area contributed by atoms with E-state index in [1.54, 1.807) is 0 Å². The largest absolute Gasteiger partial charge is 0.481 e. The maximum absolute atomic E-state index is 12.0. The molecule has 0 aliphatic heterocycles. The minimum absolute atomic E-state index is 0.0918. The predicted octanol–water partition coefficient (Wildman–Crippen LogP) is 0.394. The maximum atomic E-state index is 12.0. The first-order chi connectivity index (χ1) is 9.27. The fourth-order valence-corrected chi connectivity index (χ4v) is 2.27. The van der Waals surface area contributed by atoms with Gasteiger partial charge in [-0.25, -0.2) is 4.79 Å². The van der Waals surface area contributed by atoms with Gasteiger partial charge in [-0.15, -0.1) is 0 Å². The molecule has 3 amide bonds. The molecule has 0 radical (unpaired) electrons. The van der Waals surface area contributed by atoms with E-state index in [1.807, 2.05) is 13.8 Å². The Morgan fingerprint density at radius 1 is 1.35 bits per heavy atom. The fourth-order valence-electron chi connectivity index (χ4n) is 2.27. The van der Waals surface area contributed by atoms with Crippen LogP contribution >= 0.6 is 0 Å². The van der Waals surface area contributed by atoms with Crippen molar-refractivity contribution in [2.24, 2.45) is 17.1 Å². The van der Waals surface area contributed by atoms with Crippen LogP contribution in [-0.4, -0.2) is 47.5 Å². The first-order valence-corrected chi connectivity index (χ1v) is 6.81. The summed E-state index contributed by atoms with van der Waals surface area (Å²) >= 11 is 0. The number of carbonyl (C=O) groups is 3. The minimum atomic E-state index is -0.880. The number of carboxylic acid groups (broad SMARTS) is 1. The highest BCUT2D eigenvalue weighted by molar-refractivity contribution is 5.83. The third-order valence-electron chi connectivity index (χ3n) is 3.56. The maximum Gasteiger partial charge on any atom is 0.317 e. The molecule has 0 heterocycles. The third kappa shape index (κ3) is 4.11. The van der Waals surface area contributed by atoms with Crippen LogP contribution in [-0.2, 0) is 9.59 Å². The Labute approximate surface area is 118 Å². The fraction of sp³-hybridized carbons (Fsp3) is 0.769. The summed E-state index contributed by atoms with van der Waals surface area (Å²) in [7, 11) is 0. The second-order valence-corrected chi connectivity index (χ2v) is 5.84. The molecule has 0 aromatic heterocycles. The molecule has 1 aliphatic rings. The molecule has 0 atom stereocenters. The van der Waals surface area contributed by atoms with Gasteiger partial charge in [-0.1, -0.05) is 20.3 Å². The molecule has 0 bridgehead atoms. The van der Waals surface area contributed by atoms with E-state index in [0.29, 0.717) is 19.4 Å². The van der Waals surface area contributed by atoms with Gasteiger partial charge in [0, 0.05) is 13.1 Å². The summed E-state index contributed by atoms with van der Waals surface area (Å²) in [4.78, 5) is 35.5. The Kier molecular flexibility index (Phi) is 5.35. The van der Waals surface area contributed by atoms with Crippen LogP contribution in [0.15, 0.2) is 0 Å². The lowest BCUT2D eigenvalue weighted by molar-refractivity contribution is -0.153. The summed E-state index contributed by atoms with van der Waals surface area (Å²) in [5, 5.41) is 11.8. The Balaban J connectivity index is 2.57. The van der Waals surface area contributed by atoms with Crippen LogP contribution < -0.4 is 11.1 Å². The standard InChI is InChI=1S/C13H23N3O4/c1-9(2)6-16(7-10(14)17)12(20)15-8-13(11(18)19)4-3-5-13/h9H,3-8H2,1-2H3,(H2,14,17)(H,15,20)(H,18,19). The second kappa shape index (κ2) is 6.58. The number of carboxylic acids is 1. The van der Waals surface area contributed by atoms with Gasteiger partial charge in [0.25, 0.3) is 0 Å². The molecule has 0 unspecified atom stereocenters. The van der Waals surface area contributed by atoms with Gasteiger partial charge in [-0.2, -0.15) is 0 Å². The zero-order chi connectivity index (χ0) is 15.3. The lowest BCUT2D eigenvalue weighted by Gasteiger charge is -2.38. The highest BCUT2D eigenvalue weighted by Crippen LogP contribution is 2.40. The summed E-state index contributed by atoms with van der Waals surface area (Å²) in [5.74, 6) is -1.27. The van der Waals surface area contributed by atoms with Crippen LogP contribution in [0.3, 0.4) is 0 Å². The molecule has 20 heavy (non-hydrogen) atoms. The van der Waals surface area contributed by atoms with Gasteiger partial charge in [0.2, 0.25) is 5.91 Å². The van der Waals surface area contributed by atoms with Gasteiger partial charge in [-0.05, 0) is 18.8 Å². The number of primary amides is 1. The lowest BCUT2D eigenvalue weighted by atomic mass is 9.69. The summed E-state index contributed by atoms with van der Waals surface area (Å²) in [5.41, 5.74) is 4.28. The SMILES string of the molecule is CC(C)CN(CC(N)=O)C(=O)NCC1(C(=O)O)CCC1. The van der Waals surface area contributed by atoms with Crippen LogP contribution in [0.2, 0.25) is 0 Å². The minimum Gasteiger partial charge on any atom is -0.481 e. The summed E-state index contributed by atoms with van der Waals surface area (Å²) in [6.45, 7) is 4.17. The summed E-state index contributed by atoms with van der Waals surface area (Å²) < 4.78 is 0. The Hall–Kier alpha value is -1.79. The molecule has 0 saturated heterocycles. The number of hydrogen-bond donors (Lipinski definition) is 3. The zero-order valence-corrected chi connectivity index (χ0v) is 12.0. The van der Waals surface area contributed by atoms with Gasteiger partial charge in [0.1, 0.15) is 6.54 Å². The van der Waals surface area contributed by atoms with Crippen molar-refractivity contribution in [3.05, 3.63) is 0 Å². The smallest absolute Gasteiger partial charge is 0.317 e. The van der Waals surface area contributed by atoms with Crippen LogP contribution in [0, 0.1) is 11.3 Å². The number of nitrogens with one attached hydrogen (secondary N) is 1. The highest BCUT2D eigenvalue weighted by Gasteiger charge is 2.44. The van der Waals surface area contributed by atoms with Gasteiger partial charge in [0.15, 0.2) is 0 Å². The molecule has 1 fully saturated rings. The number of nitrogens with two attached hydrogens (primary N) is 1. The normalized spacial score (nSPS) is 16.4. The summed E-state index contributed by atoms with van der Waals surface area (Å²) in [6.07, 6.45) is 2.00. The molecule has 4 N–H and O–H groups in total. The first-order valence-electron chi connectivity index (χ1n) is 6.81. The van der Waals surface area contributed by atoms with E-state index in [0.717, 1.165) is 6.42 Å². The van der Waals surface area contributed by atoms with E-state index in [-0.39, 0.29) is 19.0 Å². The molecular weight excluding hydrogens is 262 g/mol. The van der Waals surface area contributed by atoms with E-state index >= 15 is 0 Å². The van der Waals surface area contributed by atoms with Gasteiger partial charge in [0.05, 0.1) is 5.41 Å². The van der Waals surface area contributed by atoms with E-state index in [2.05, 4.69) is 5.32 Å². The molecule has 0 aromatic rings. The molecule has 0 spiro atoms. The average Bonchev–Trinajstić information content (AvgIpc) is 2.24. The third-order valence-corrected chi connectivity index (χ3v) is 3.56. The number of hydrogen-bond acceptors (Lipinski definition) is 3. The van der Waals surface area contributed by atoms with Crippen LogP contribution in [0.5, 0.6) is 0 Å². The molecule has 1 rings (SSSR count). The second-order valence-electron chi connectivity index (χ2n) is 5.84. The molecule has 7 nitrogen and oxygen atoms in total. The quantitative estimate of drug-likeness (QED) is 0.628. The number of nitrogens with zero attached hydrogens (tertiary/aromatic N) is 1. The van der Waals surface area contributed by atoms with Crippen molar-refractivity contribution < 1.29 is 19.5 Å². The number of rotatable bonds is 7. The van der Waals surface area contributed by atoms with Gasteiger partial charge >= 0.3 is 12.0 Å². The molecular formula is C13H23N3O4. The average molecular weight is 285 g/mol. The van der Waals surface area contributed by atoms with E-state index in [9.17, 15) is 19.5 Å². The number of amides is 3. The monoisotopic (exact) mass is 285 g/mol. The van der Waals surface area contributed by atoms with Crippen molar-refractivity contribution in [1.29, 1.82) is 0 Å². The Morgan fingerprint density at radius 3 is 2.30 bits per heavy atom. The summed E-state index contributed by atoms with van der Waals surface area (Å²) in [6, 6.07) is -0.440. The molecule has 7 heteroatoms. The number of urea groups is 1. The van der Waals surface area contributed by atoms with Crippen LogP contribution in [0.1, 0.15) is 33.1 Å². The van der Waals surface area contributed by atoms with E-state index in [1.165, 1.54) is 4.90 Å². The lowest BCUT2D eigenvalue weighted by Crippen LogP contribution is -2.52. The topological polar surface area (TPSA) is 113 Å². The number of aliphatic carboxylic acids is 1. The first kappa shape index (κ1) is 16.3. The van der Waals surface area contributed by atoms with Gasteiger partial charge < -0.3 is 21.1 Å². The van der Waals surface area contributed by atoms with Crippen molar-refractivity contribution in [3.63, 3.8) is 0 Å². The molecule has 0 aromatic carbocycles. The Bertz CT molecular complexity index is 391. The van der Waals surface area contributed by atoms with Gasteiger partial charge in [-0.3, -0.25) is 9.59 Å². The number of carbonyl (C=O) groups excluding carboxylic acids is 2. The highest BCUT2D eigenvalue weighted by atomic mass is 16.4.